The van der Waals surface area contributed by atoms with Crippen molar-refractivity contribution in [1.29, 1.82) is 0 Å². The molecule has 1 aliphatic heterocycles. The lowest BCUT2D eigenvalue weighted by atomic mass is 9.77. The standard InChI is InChI=1S/C15H26N2O4/c1-15(2,3)11-5-4-9-17(10-8-11)14(21)16-12(18)6-7-13(19)20/h11H,4-10H2,1-3H3,(H,19,20)(H,16,18,21). The zero-order valence-corrected chi connectivity index (χ0v) is 13.1. The van der Waals surface area contributed by atoms with Crippen LogP contribution in [0, 0.1) is 11.3 Å². The lowest BCUT2D eigenvalue weighted by Crippen LogP contribution is -2.43. The molecule has 1 atom stereocenters. The van der Waals surface area contributed by atoms with Gasteiger partial charge in [0.2, 0.25) is 5.91 Å². The van der Waals surface area contributed by atoms with Crippen LogP contribution < -0.4 is 5.32 Å². The Morgan fingerprint density at radius 2 is 1.81 bits per heavy atom. The maximum Gasteiger partial charge on any atom is 0.324 e. The summed E-state index contributed by atoms with van der Waals surface area (Å²) in [5.41, 5.74) is 0.226. The second-order valence-corrected chi connectivity index (χ2v) is 6.73. The highest BCUT2D eigenvalue weighted by Gasteiger charge is 2.28. The van der Waals surface area contributed by atoms with Crippen LogP contribution >= 0.6 is 0 Å². The number of nitrogens with zero attached hydrogens (tertiary/aromatic N) is 1. The molecule has 1 saturated heterocycles. The van der Waals surface area contributed by atoms with E-state index in [9.17, 15) is 14.4 Å². The van der Waals surface area contributed by atoms with Crippen molar-refractivity contribution in [2.24, 2.45) is 11.3 Å². The molecule has 1 heterocycles. The van der Waals surface area contributed by atoms with Crippen molar-refractivity contribution in [3.63, 3.8) is 0 Å². The van der Waals surface area contributed by atoms with E-state index < -0.39 is 17.9 Å². The third-order valence-electron chi connectivity index (χ3n) is 4.05. The van der Waals surface area contributed by atoms with E-state index in [2.05, 4.69) is 26.1 Å². The summed E-state index contributed by atoms with van der Waals surface area (Å²) in [5.74, 6) is -1.00. The van der Waals surface area contributed by atoms with Crippen LogP contribution in [0.3, 0.4) is 0 Å². The fraction of sp³-hybridized carbons (Fsp3) is 0.800. The quantitative estimate of drug-likeness (QED) is 0.836. The van der Waals surface area contributed by atoms with Crippen molar-refractivity contribution in [2.45, 2.75) is 52.9 Å². The van der Waals surface area contributed by atoms with E-state index in [0.717, 1.165) is 19.3 Å². The molecule has 0 spiro atoms. The fourth-order valence-corrected chi connectivity index (χ4v) is 2.65. The molecule has 1 aliphatic rings. The van der Waals surface area contributed by atoms with Crippen LogP contribution in [-0.4, -0.2) is 41.0 Å². The predicted molar refractivity (Wildman–Crippen MR) is 78.8 cm³/mol. The first-order chi connectivity index (χ1) is 9.70. The highest BCUT2D eigenvalue weighted by atomic mass is 16.4. The van der Waals surface area contributed by atoms with Crippen LogP contribution in [-0.2, 0) is 9.59 Å². The number of carbonyl (C=O) groups excluding carboxylic acids is 2. The molecule has 1 rings (SSSR count). The number of rotatable bonds is 3. The van der Waals surface area contributed by atoms with Gasteiger partial charge in [-0.05, 0) is 30.6 Å². The predicted octanol–water partition coefficient (Wildman–Crippen LogP) is 2.24. The van der Waals surface area contributed by atoms with E-state index in [1.165, 1.54) is 0 Å². The number of likely N-dealkylation sites (tertiary alicyclic amines) is 1. The number of nitrogens with one attached hydrogen (secondary N) is 1. The Balaban J connectivity index is 2.45. The van der Waals surface area contributed by atoms with E-state index in [4.69, 9.17) is 5.11 Å². The number of carboxylic acids is 1. The Labute approximate surface area is 125 Å². The molecule has 0 radical (unpaired) electrons. The summed E-state index contributed by atoms with van der Waals surface area (Å²) >= 11 is 0. The van der Waals surface area contributed by atoms with Crippen LogP contribution in [0.25, 0.3) is 0 Å². The zero-order chi connectivity index (χ0) is 16.0. The molecular formula is C15H26N2O4. The van der Waals surface area contributed by atoms with Crippen LogP contribution in [0.2, 0.25) is 0 Å². The van der Waals surface area contributed by atoms with Gasteiger partial charge in [0.1, 0.15) is 0 Å². The Hall–Kier alpha value is -1.59. The van der Waals surface area contributed by atoms with Crippen LogP contribution in [0.1, 0.15) is 52.9 Å². The molecule has 21 heavy (non-hydrogen) atoms. The van der Waals surface area contributed by atoms with Gasteiger partial charge in [-0.2, -0.15) is 0 Å². The number of carboxylic acid groups (broad SMARTS) is 1. The molecule has 0 aliphatic carbocycles. The second-order valence-electron chi connectivity index (χ2n) is 6.73. The van der Waals surface area contributed by atoms with Gasteiger partial charge in [0.15, 0.2) is 0 Å². The first-order valence-electron chi connectivity index (χ1n) is 7.50. The normalized spacial score (nSPS) is 19.8. The summed E-state index contributed by atoms with van der Waals surface area (Å²) in [6, 6.07) is -0.403. The minimum absolute atomic E-state index is 0.167. The Bertz CT molecular complexity index is 401. The summed E-state index contributed by atoms with van der Waals surface area (Å²) in [6.45, 7) is 7.92. The molecule has 0 aromatic heterocycles. The first kappa shape index (κ1) is 17.5. The van der Waals surface area contributed by atoms with E-state index in [0.29, 0.717) is 19.0 Å². The summed E-state index contributed by atoms with van der Waals surface area (Å²) in [4.78, 5) is 35.5. The zero-order valence-electron chi connectivity index (χ0n) is 13.1. The highest BCUT2D eigenvalue weighted by molar-refractivity contribution is 5.95. The average molecular weight is 298 g/mol. The summed E-state index contributed by atoms with van der Waals surface area (Å²) in [7, 11) is 0. The van der Waals surface area contributed by atoms with Crippen molar-refractivity contribution in [1.82, 2.24) is 10.2 Å². The summed E-state index contributed by atoms with van der Waals surface area (Å²) in [5, 5.41) is 10.8. The highest BCUT2D eigenvalue weighted by Crippen LogP contribution is 2.34. The summed E-state index contributed by atoms with van der Waals surface area (Å²) < 4.78 is 0. The Morgan fingerprint density at radius 1 is 1.14 bits per heavy atom. The molecule has 1 unspecified atom stereocenters. The molecule has 0 saturated carbocycles. The van der Waals surface area contributed by atoms with Gasteiger partial charge >= 0.3 is 12.0 Å². The first-order valence-corrected chi connectivity index (χ1v) is 7.50. The molecule has 0 bridgehead atoms. The number of hydrogen-bond donors (Lipinski definition) is 2. The molecule has 3 amide bonds. The van der Waals surface area contributed by atoms with Crippen molar-refractivity contribution in [2.75, 3.05) is 13.1 Å². The number of urea groups is 1. The van der Waals surface area contributed by atoms with Crippen molar-refractivity contribution < 1.29 is 19.5 Å². The van der Waals surface area contributed by atoms with Gasteiger partial charge in [0, 0.05) is 19.5 Å². The average Bonchev–Trinajstić information content (AvgIpc) is 2.61. The van der Waals surface area contributed by atoms with E-state index in [1.807, 2.05) is 0 Å². The Kier molecular flexibility index (Phi) is 6.18. The van der Waals surface area contributed by atoms with Gasteiger partial charge in [-0.15, -0.1) is 0 Å². The minimum Gasteiger partial charge on any atom is -0.481 e. The second kappa shape index (κ2) is 7.43. The van der Waals surface area contributed by atoms with Crippen LogP contribution in [0.4, 0.5) is 4.79 Å². The number of aliphatic carboxylic acids is 1. The van der Waals surface area contributed by atoms with E-state index >= 15 is 0 Å². The van der Waals surface area contributed by atoms with Crippen molar-refractivity contribution >= 4 is 17.9 Å². The third kappa shape index (κ3) is 6.14. The topological polar surface area (TPSA) is 86.7 Å². The lowest BCUT2D eigenvalue weighted by molar-refractivity contribution is -0.138. The molecule has 6 nitrogen and oxygen atoms in total. The van der Waals surface area contributed by atoms with Gasteiger partial charge in [0.25, 0.3) is 0 Å². The monoisotopic (exact) mass is 298 g/mol. The molecular weight excluding hydrogens is 272 g/mol. The van der Waals surface area contributed by atoms with Crippen molar-refractivity contribution in [3.05, 3.63) is 0 Å². The van der Waals surface area contributed by atoms with Crippen molar-refractivity contribution in [3.8, 4) is 0 Å². The molecule has 2 N–H and O–H groups in total. The van der Waals surface area contributed by atoms with Gasteiger partial charge in [0.05, 0.1) is 6.42 Å². The molecule has 120 valence electrons. The third-order valence-corrected chi connectivity index (χ3v) is 4.05. The number of amides is 3. The Morgan fingerprint density at radius 3 is 2.38 bits per heavy atom. The van der Waals surface area contributed by atoms with Gasteiger partial charge in [-0.3, -0.25) is 14.9 Å². The maximum atomic E-state index is 12.0. The van der Waals surface area contributed by atoms with Gasteiger partial charge in [-0.1, -0.05) is 20.8 Å². The number of hydrogen-bond acceptors (Lipinski definition) is 3. The smallest absolute Gasteiger partial charge is 0.324 e. The molecule has 1 fully saturated rings. The van der Waals surface area contributed by atoms with Crippen LogP contribution in [0.15, 0.2) is 0 Å². The number of carbonyl (C=O) groups is 3. The summed E-state index contributed by atoms with van der Waals surface area (Å²) in [6.07, 6.45) is 2.52. The largest absolute Gasteiger partial charge is 0.481 e. The van der Waals surface area contributed by atoms with Gasteiger partial charge in [-0.25, -0.2) is 4.79 Å². The van der Waals surface area contributed by atoms with Gasteiger partial charge < -0.3 is 10.0 Å². The maximum absolute atomic E-state index is 12.0. The van der Waals surface area contributed by atoms with Crippen LogP contribution in [0.5, 0.6) is 0 Å². The molecule has 6 heteroatoms. The minimum atomic E-state index is -1.04. The van der Waals surface area contributed by atoms with E-state index in [1.54, 1.807) is 4.90 Å². The fourth-order valence-electron chi connectivity index (χ4n) is 2.65. The number of imide groups is 1. The molecule has 0 aromatic carbocycles. The molecule has 0 aromatic rings. The van der Waals surface area contributed by atoms with E-state index in [-0.39, 0.29) is 18.3 Å². The lowest BCUT2D eigenvalue weighted by Gasteiger charge is -2.29. The SMILES string of the molecule is CC(C)(C)C1CCCN(C(=O)NC(=O)CCC(=O)O)CC1.